The van der Waals surface area contributed by atoms with Crippen LogP contribution in [0.1, 0.15) is 36.8 Å². The van der Waals surface area contributed by atoms with Crippen LogP contribution in [0.2, 0.25) is 0 Å². The van der Waals surface area contributed by atoms with Gasteiger partial charge in [0.2, 0.25) is 0 Å². The third-order valence-corrected chi connectivity index (χ3v) is 6.56. The minimum atomic E-state index is -3.86. The smallest absolute Gasteiger partial charge is 0.331 e. The molecule has 31 heavy (non-hydrogen) atoms. The second kappa shape index (κ2) is 11.0. The largest absolute Gasteiger partial charge is 0.497 e. The number of ether oxygens (including phenoxy) is 1. The Bertz CT molecular complexity index is 964. The Morgan fingerprint density at radius 2 is 1.77 bits per heavy atom. The van der Waals surface area contributed by atoms with E-state index < -0.39 is 16.1 Å². The zero-order valence-corrected chi connectivity index (χ0v) is 18.7. The van der Waals surface area contributed by atoms with E-state index in [1.807, 2.05) is 6.07 Å². The molecule has 3 rings (SSSR count). The fraction of sp³-hybridized carbons (Fsp3) is 0.375. The van der Waals surface area contributed by atoms with Crippen LogP contribution < -0.4 is 9.46 Å². The van der Waals surface area contributed by atoms with Gasteiger partial charge in [-0.05, 0) is 67.4 Å². The first kappa shape index (κ1) is 22.9. The zero-order valence-electron chi connectivity index (χ0n) is 17.9. The van der Waals surface area contributed by atoms with E-state index in [1.165, 1.54) is 11.6 Å². The highest BCUT2D eigenvalue weighted by Gasteiger charge is 2.24. The summed E-state index contributed by atoms with van der Waals surface area (Å²) in [5.74, 6) is 1.27. The molecule has 0 unspecified atom stereocenters. The molecule has 0 aliphatic carbocycles. The topological polar surface area (TPSA) is 75.7 Å². The molecule has 7 heteroatoms. The number of aryl methyl sites for hydroxylation is 1. The number of piperidine rings is 1. The van der Waals surface area contributed by atoms with Crippen molar-refractivity contribution in [3.8, 4) is 5.75 Å². The van der Waals surface area contributed by atoms with Gasteiger partial charge in [0.1, 0.15) is 5.75 Å². The highest BCUT2D eigenvalue weighted by molar-refractivity contribution is 7.93. The highest BCUT2D eigenvalue weighted by atomic mass is 32.2. The van der Waals surface area contributed by atoms with Gasteiger partial charge in [0.25, 0.3) is 10.0 Å². The predicted molar refractivity (Wildman–Crippen MR) is 123 cm³/mol. The maximum Gasteiger partial charge on any atom is 0.331 e. The van der Waals surface area contributed by atoms with E-state index in [4.69, 9.17) is 4.74 Å². The van der Waals surface area contributed by atoms with Crippen molar-refractivity contribution in [1.29, 1.82) is 0 Å². The summed E-state index contributed by atoms with van der Waals surface area (Å²) in [7, 11) is -2.29. The summed E-state index contributed by atoms with van der Waals surface area (Å²) in [6.07, 6.45) is 6.60. The van der Waals surface area contributed by atoms with Gasteiger partial charge in [-0.2, -0.15) is 0 Å². The third-order valence-electron chi connectivity index (χ3n) is 5.61. The minimum Gasteiger partial charge on any atom is -0.497 e. The molecular formula is C24H30N2O4S. The number of hydrogen-bond donors (Lipinski definition) is 1. The van der Waals surface area contributed by atoms with Crippen LogP contribution >= 0.6 is 0 Å². The summed E-state index contributed by atoms with van der Waals surface area (Å²) in [4.78, 5) is 14.0. The number of rotatable bonds is 8. The van der Waals surface area contributed by atoms with Crippen LogP contribution in [0, 0.1) is 5.92 Å². The van der Waals surface area contributed by atoms with Gasteiger partial charge in [-0.15, -0.1) is 0 Å². The fourth-order valence-electron chi connectivity index (χ4n) is 3.77. The van der Waals surface area contributed by atoms with Crippen molar-refractivity contribution in [2.75, 3.05) is 20.2 Å². The van der Waals surface area contributed by atoms with Gasteiger partial charge < -0.3 is 9.64 Å². The number of sulfonamides is 1. The summed E-state index contributed by atoms with van der Waals surface area (Å²) in [6, 6.07) is 16.9. The van der Waals surface area contributed by atoms with E-state index in [2.05, 4.69) is 29.0 Å². The number of nitrogens with zero attached hydrogens (tertiary/aromatic N) is 1. The normalized spacial score (nSPS) is 15.2. The summed E-state index contributed by atoms with van der Waals surface area (Å²) in [6.45, 7) is 1.17. The Morgan fingerprint density at radius 3 is 2.42 bits per heavy atom. The molecule has 0 bridgehead atoms. The summed E-state index contributed by atoms with van der Waals surface area (Å²) < 4.78 is 31.7. The second-order valence-corrected chi connectivity index (χ2v) is 9.40. The first-order chi connectivity index (χ1) is 14.9. The second-order valence-electron chi connectivity index (χ2n) is 7.84. The first-order valence-electron chi connectivity index (χ1n) is 10.6. The van der Waals surface area contributed by atoms with E-state index in [0.717, 1.165) is 37.5 Å². The number of methoxy groups -OCH3 is 1. The lowest BCUT2D eigenvalue weighted by Crippen LogP contribution is -2.45. The van der Waals surface area contributed by atoms with Crippen molar-refractivity contribution < 1.29 is 17.9 Å². The van der Waals surface area contributed by atoms with Crippen LogP contribution in [0.3, 0.4) is 0 Å². The molecule has 0 aromatic heterocycles. The summed E-state index contributed by atoms with van der Waals surface area (Å²) in [5.41, 5.74) is 2.06. The molecule has 0 atom stereocenters. The summed E-state index contributed by atoms with van der Waals surface area (Å²) in [5, 5.41) is 1.02. The lowest BCUT2D eigenvalue weighted by atomic mass is 9.91. The Kier molecular flexibility index (Phi) is 8.12. The molecule has 2 amide bonds. The molecule has 2 aromatic carbocycles. The number of benzene rings is 2. The van der Waals surface area contributed by atoms with Crippen molar-refractivity contribution in [3.05, 3.63) is 71.1 Å². The average molecular weight is 443 g/mol. The predicted octanol–water partition coefficient (Wildman–Crippen LogP) is 4.44. The standard InChI is InChI=1S/C24H30N2O4S/c1-30-23-12-10-22(11-13-23)16-19-31(28,29)25-24(27)26-17-14-21(15-18-26)9-5-8-20-6-3-2-4-7-20/h2-4,6-7,10-13,16,19,21H,5,8-9,14-15,17-18H2,1H3,(H,25,27)/b19-16+. The molecule has 0 saturated carbocycles. The average Bonchev–Trinajstić information content (AvgIpc) is 2.79. The zero-order chi connectivity index (χ0) is 22.1. The van der Waals surface area contributed by atoms with Gasteiger partial charge in [0, 0.05) is 13.1 Å². The Morgan fingerprint density at radius 1 is 1.10 bits per heavy atom. The molecule has 1 aliphatic rings. The van der Waals surface area contributed by atoms with Crippen LogP contribution in [0.4, 0.5) is 4.79 Å². The van der Waals surface area contributed by atoms with E-state index in [1.54, 1.807) is 36.3 Å². The van der Waals surface area contributed by atoms with Crippen LogP contribution in [0.25, 0.3) is 6.08 Å². The SMILES string of the molecule is COc1ccc(/C=C/S(=O)(=O)NC(=O)N2CCC(CCCc3ccccc3)CC2)cc1. The fourth-order valence-corrected chi connectivity index (χ4v) is 4.54. The molecule has 0 spiro atoms. The highest BCUT2D eigenvalue weighted by Crippen LogP contribution is 2.23. The molecule has 1 fully saturated rings. The maximum absolute atomic E-state index is 12.4. The Hall–Kier alpha value is -2.80. The maximum atomic E-state index is 12.4. The van der Waals surface area contributed by atoms with E-state index in [-0.39, 0.29) is 0 Å². The molecule has 1 saturated heterocycles. The third kappa shape index (κ3) is 7.43. The summed E-state index contributed by atoms with van der Waals surface area (Å²) >= 11 is 0. The van der Waals surface area contributed by atoms with Gasteiger partial charge in [-0.3, -0.25) is 0 Å². The molecule has 166 valence electrons. The molecule has 6 nitrogen and oxygen atoms in total. The van der Waals surface area contributed by atoms with Crippen molar-refractivity contribution in [1.82, 2.24) is 9.62 Å². The molecule has 0 radical (unpaired) electrons. The van der Waals surface area contributed by atoms with Crippen molar-refractivity contribution in [2.24, 2.45) is 5.92 Å². The number of likely N-dealkylation sites (tertiary alicyclic amines) is 1. The van der Waals surface area contributed by atoms with Crippen LogP contribution in [-0.2, 0) is 16.4 Å². The minimum absolute atomic E-state index is 0.554. The number of nitrogens with one attached hydrogen (secondary N) is 1. The quantitative estimate of drug-likeness (QED) is 0.656. The van der Waals surface area contributed by atoms with E-state index in [9.17, 15) is 13.2 Å². The Labute approximate surface area is 185 Å². The number of carbonyl (C=O) groups is 1. The molecule has 1 heterocycles. The number of carbonyl (C=O) groups excluding carboxylic acids is 1. The van der Waals surface area contributed by atoms with Crippen LogP contribution in [0.5, 0.6) is 5.75 Å². The van der Waals surface area contributed by atoms with Crippen molar-refractivity contribution >= 4 is 22.1 Å². The van der Waals surface area contributed by atoms with Crippen molar-refractivity contribution in [2.45, 2.75) is 32.1 Å². The van der Waals surface area contributed by atoms with Gasteiger partial charge in [-0.25, -0.2) is 17.9 Å². The van der Waals surface area contributed by atoms with E-state index in [0.29, 0.717) is 30.3 Å². The number of hydrogen-bond acceptors (Lipinski definition) is 4. The van der Waals surface area contributed by atoms with Crippen LogP contribution in [-0.4, -0.2) is 39.5 Å². The monoisotopic (exact) mass is 442 g/mol. The van der Waals surface area contributed by atoms with Gasteiger partial charge in [0.15, 0.2) is 0 Å². The number of urea groups is 1. The molecule has 2 aromatic rings. The van der Waals surface area contributed by atoms with Crippen LogP contribution in [0.15, 0.2) is 60.0 Å². The Balaban J connectivity index is 1.41. The van der Waals surface area contributed by atoms with Gasteiger partial charge >= 0.3 is 6.03 Å². The molecule has 1 aliphatic heterocycles. The van der Waals surface area contributed by atoms with E-state index >= 15 is 0 Å². The molecular weight excluding hydrogens is 412 g/mol. The van der Waals surface area contributed by atoms with Gasteiger partial charge in [0.05, 0.1) is 12.5 Å². The van der Waals surface area contributed by atoms with Crippen molar-refractivity contribution in [3.63, 3.8) is 0 Å². The van der Waals surface area contributed by atoms with Gasteiger partial charge in [-0.1, -0.05) is 42.5 Å². The lowest BCUT2D eigenvalue weighted by molar-refractivity contribution is 0.172. The number of amides is 2. The lowest BCUT2D eigenvalue weighted by Gasteiger charge is -2.31. The molecule has 1 N–H and O–H groups in total. The first-order valence-corrected chi connectivity index (χ1v) is 12.2.